The van der Waals surface area contributed by atoms with Gasteiger partial charge in [-0.2, -0.15) is 5.26 Å². The quantitative estimate of drug-likeness (QED) is 0.494. The highest BCUT2D eigenvalue weighted by atomic mass is 16.5. The average molecular weight is 227 g/mol. The van der Waals surface area contributed by atoms with E-state index in [0.717, 1.165) is 0 Å². The molecule has 0 heterocycles. The van der Waals surface area contributed by atoms with E-state index < -0.39 is 11.4 Å². The zero-order valence-electron chi connectivity index (χ0n) is 10.6. The van der Waals surface area contributed by atoms with Crippen molar-refractivity contribution in [2.45, 2.75) is 34.1 Å². The van der Waals surface area contributed by atoms with Crippen molar-refractivity contribution in [1.29, 1.82) is 5.26 Å². The Morgan fingerprint density at radius 3 is 2.56 bits per heavy atom. The van der Waals surface area contributed by atoms with Gasteiger partial charge in [0.25, 0.3) is 0 Å². The van der Waals surface area contributed by atoms with Crippen molar-refractivity contribution in [3.63, 3.8) is 0 Å². The SMILES string of the molecule is CCOC(=O)C(C)(C#N)CCOCC(C)C. The van der Waals surface area contributed by atoms with Crippen LogP contribution in [0.3, 0.4) is 0 Å². The lowest BCUT2D eigenvalue weighted by atomic mass is 9.89. The standard InChI is InChI=1S/C12H21NO3/c1-5-16-11(14)12(4,9-13)6-7-15-8-10(2)3/h10H,5-8H2,1-4H3. The van der Waals surface area contributed by atoms with Crippen LogP contribution < -0.4 is 0 Å². The molecule has 0 aliphatic carbocycles. The monoisotopic (exact) mass is 227 g/mol. The Hall–Kier alpha value is -1.08. The smallest absolute Gasteiger partial charge is 0.326 e. The number of esters is 1. The van der Waals surface area contributed by atoms with Crippen molar-refractivity contribution in [1.82, 2.24) is 0 Å². The summed E-state index contributed by atoms with van der Waals surface area (Å²) in [6, 6.07) is 2.00. The molecular weight excluding hydrogens is 206 g/mol. The molecule has 0 N–H and O–H groups in total. The molecule has 0 spiro atoms. The first-order valence-electron chi connectivity index (χ1n) is 5.62. The maximum atomic E-state index is 11.5. The van der Waals surface area contributed by atoms with E-state index in [4.69, 9.17) is 14.7 Å². The van der Waals surface area contributed by atoms with Gasteiger partial charge in [0.2, 0.25) is 0 Å². The van der Waals surface area contributed by atoms with E-state index in [1.165, 1.54) is 0 Å². The Labute approximate surface area is 97.5 Å². The summed E-state index contributed by atoms with van der Waals surface area (Å²) < 4.78 is 10.2. The van der Waals surface area contributed by atoms with Crippen LogP contribution in [0, 0.1) is 22.7 Å². The van der Waals surface area contributed by atoms with Crippen LogP contribution in [0.25, 0.3) is 0 Å². The molecule has 0 radical (unpaired) electrons. The third-order valence-electron chi connectivity index (χ3n) is 2.17. The third kappa shape index (κ3) is 5.13. The van der Waals surface area contributed by atoms with E-state index in [1.807, 2.05) is 6.07 Å². The molecule has 92 valence electrons. The Bertz CT molecular complexity index is 257. The van der Waals surface area contributed by atoms with Crippen molar-refractivity contribution in [3.05, 3.63) is 0 Å². The molecule has 0 saturated heterocycles. The molecule has 4 nitrogen and oxygen atoms in total. The molecule has 0 aromatic heterocycles. The fourth-order valence-electron chi connectivity index (χ4n) is 1.09. The van der Waals surface area contributed by atoms with E-state index in [9.17, 15) is 4.79 Å². The van der Waals surface area contributed by atoms with Crippen molar-refractivity contribution in [2.75, 3.05) is 19.8 Å². The largest absolute Gasteiger partial charge is 0.465 e. The average Bonchev–Trinajstić information content (AvgIpc) is 2.24. The first-order chi connectivity index (χ1) is 7.46. The number of rotatable bonds is 7. The molecule has 0 aromatic carbocycles. The zero-order chi connectivity index (χ0) is 12.6. The second kappa shape index (κ2) is 7.24. The fraction of sp³-hybridized carbons (Fsp3) is 0.833. The van der Waals surface area contributed by atoms with Gasteiger partial charge in [-0.05, 0) is 26.2 Å². The van der Waals surface area contributed by atoms with Crippen LogP contribution >= 0.6 is 0 Å². The minimum Gasteiger partial charge on any atom is -0.465 e. The van der Waals surface area contributed by atoms with Gasteiger partial charge in [-0.1, -0.05) is 13.8 Å². The summed E-state index contributed by atoms with van der Waals surface area (Å²) in [5.41, 5.74) is -1.09. The second-order valence-corrected chi connectivity index (χ2v) is 4.38. The van der Waals surface area contributed by atoms with Crippen LogP contribution in [0.5, 0.6) is 0 Å². The normalized spacial score (nSPS) is 14.2. The van der Waals surface area contributed by atoms with Gasteiger partial charge in [0.15, 0.2) is 5.41 Å². The number of nitriles is 1. The van der Waals surface area contributed by atoms with Crippen LogP contribution in [-0.2, 0) is 14.3 Å². The Balaban J connectivity index is 4.08. The minimum atomic E-state index is -1.09. The van der Waals surface area contributed by atoms with Gasteiger partial charge in [0.1, 0.15) is 0 Å². The molecular formula is C12H21NO3. The summed E-state index contributed by atoms with van der Waals surface area (Å²) >= 11 is 0. The Morgan fingerprint density at radius 2 is 2.12 bits per heavy atom. The van der Waals surface area contributed by atoms with Gasteiger partial charge < -0.3 is 9.47 Å². The van der Waals surface area contributed by atoms with Crippen molar-refractivity contribution in [3.8, 4) is 6.07 Å². The van der Waals surface area contributed by atoms with E-state index in [2.05, 4.69) is 13.8 Å². The predicted molar refractivity (Wildman–Crippen MR) is 60.6 cm³/mol. The van der Waals surface area contributed by atoms with Gasteiger partial charge >= 0.3 is 5.97 Å². The highest BCUT2D eigenvalue weighted by molar-refractivity contribution is 5.79. The van der Waals surface area contributed by atoms with E-state index in [-0.39, 0.29) is 0 Å². The van der Waals surface area contributed by atoms with Crippen LogP contribution in [0.1, 0.15) is 34.1 Å². The molecule has 1 unspecified atom stereocenters. The summed E-state index contributed by atoms with van der Waals surface area (Å²) in [6.45, 7) is 8.76. The number of hydrogen-bond acceptors (Lipinski definition) is 4. The first kappa shape index (κ1) is 14.9. The highest BCUT2D eigenvalue weighted by Crippen LogP contribution is 2.22. The topological polar surface area (TPSA) is 59.3 Å². The summed E-state index contributed by atoms with van der Waals surface area (Å²) in [6.07, 6.45) is 0.370. The van der Waals surface area contributed by atoms with Gasteiger partial charge in [-0.25, -0.2) is 0 Å². The lowest BCUT2D eigenvalue weighted by Gasteiger charge is -2.19. The number of carbonyl (C=O) groups excluding carboxylic acids is 1. The fourth-order valence-corrected chi connectivity index (χ4v) is 1.09. The molecule has 1 atom stereocenters. The maximum absolute atomic E-state index is 11.5. The molecule has 4 heteroatoms. The molecule has 0 rings (SSSR count). The number of carbonyl (C=O) groups is 1. The van der Waals surface area contributed by atoms with Crippen LogP contribution in [0.15, 0.2) is 0 Å². The van der Waals surface area contributed by atoms with Crippen LogP contribution in [0.4, 0.5) is 0 Å². The molecule has 0 aliphatic rings. The number of ether oxygens (including phenoxy) is 2. The van der Waals surface area contributed by atoms with Gasteiger partial charge in [0.05, 0.1) is 12.7 Å². The second-order valence-electron chi connectivity index (χ2n) is 4.38. The summed E-state index contributed by atoms with van der Waals surface area (Å²) in [4.78, 5) is 11.5. The van der Waals surface area contributed by atoms with Crippen molar-refractivity contribution in [2.24, 2.45) is 11.3 Å². The molecule has 0 bridgehead atoms. The van der Waals surface area contributed by atoms with Gasteiger partial charge in [-0.15, -0.1) is 0 Å². The minimum absolute atomic E-state index is 0.295. The van der Waals surface area contributed by atoms with E-state index in [1.54, 1.807) is 13.8 Å². The molecule has 0 aromatic rings. The molecule has 0 fully saturated rings. The van der Waals surface area contributed by atoms with Crippen molar-refractivity contribution >= 4 is 5.97 Å². The lowest BCUT2D eigenvalue weighted by molar-refractivity contribution is -0.152. The Kier molecular flexibility index (Phi) is 6.75. The van der Waals surface area contributed by atoms with E-state index in [0.29, 0.717) is 32.2 Å². The predicted octanol–water partition coefficient (Wildman–Crippen LogP) is 2.14. The highest BCUT2D eigenvalue weighted by Gasteiger charge is 2.34. The van der Waals surface area contributed by atoms with E-state index >= 15 is 0 Å². The number of nitrogens with zero attached hydrogens (tertiary/aromatic N) is 1. The number of hydrogen-bond donors (Lipinski definition) is 0. The molecule has 16 heavy (non-hydrogen) atoms. The lowest BCUT2D eigenvalue weighted by Crippen LogP contribution is -2.30. The zero-order valence-corrected chi connectivity index (χ0v) is 10.6. The maximum Gasteiger partial charge on any atom is 0.326 e. The molecule has 0 amide bonds. The van der Waals surface area contributed by atoms with Crippen LogP contribution in [0.2, 0.25) is 0 Å². The van der Waals surface area contributed by atoms with Gasteiger partial charge in [0, 0.05) is 13.2 Å². The summed E-state index contributed by atoms with van der Waals surface area (Å²) in [5, 5.41) is 8.98. The Morgan fingerprint density at radius 1 is 1.50 bits per heavy atom. The van der Waals surface area contributed by atoms with Crippen LogP contribution in [-0.4, -0.2) is 25.8 Å². The summed E-state index contributed by atoms with van der Waals surface area (Å²) in [5.74, 6) is -0.0124. The first-order valence-corrected chi connectivity index (χ1v) is 5.62. The van der Waals surface area contributed by atoms with Crippen molar-refractivity contribution < 1.29 is 14.3 Å². The molecule has 0 aliphatic heterocycles. The molecule has 0 saturated carbocycles. The third-order valence-corrected chi connectivity index (χ3v) is 2.17. The summed E-state index contributed by atoms with van der Waals surface area (Å²) in [7, 11) is 0. The van der Waals surface area contributed by atoms with Gasteiger partial charge in [-0.3, -0.25) is 4.79 Å².